The number of likely N-dealkylation sites (tertiary alicyclic amines) is 1. The molecule has 1 heterocycles. The van der Waals surface area contributed by atoms with E-state index in [1.165, 1.54) is 4.90 Å². The predicted molar refractivity (Wildman–Crippen MR) is 63.8 cm³/mol. The third-order valence-corrected chi connectivity index (χ3v) is 3.33. The first-order valence-electron chi connectivity index (χ1n) is 5.76. The van der Waals surface area contributed by atoms with Crippen molar-refractivity contribution in [3.05, 3.63) is 35.9 Å². The molecule has 0 saturated carbocycles. The third-order valence-electron chi connectivity index (χ3n) is 3.33. The van der Waals surface area contributed by atoms with Crippen molar-refractivity contribution in [2.75, 3.05) is 6.54 Å². The van der Waals surface area contributed by atoms with E-state index < -0.39 is 11.7 Å². The summed E-state index contributed by atoms with van der Waals surface area (Å²) in [6.07, 6.45) is 0.0146. The van der Waals surface area contributed by atoms with Crippen molar-refractivity contribution >= 4 is 6.09 Å². The Labute approximate surface area is 100 Å². The minimum Gasteiger partial charge on any atom is -0.465 e. The third kappa shape index (κ3) is 2.58. The Hall–Kier alpha value is -1.55. The van der Waals surface area contributed by atoms with Crippen LogP contribution < -0.4 is 0 Å². The number of aliphatic hydroxyl groups is 1. The van der Waals surface area contributed by atoms with E-state index >= 15 is 0 Å². The second kappa shape index (κ2) is 4.37. The molecule has 17 heavy (non-hydrogen) atoms. The summed E-state index contributed by atoms with van der Waals surface area (Å²) in [6, 6.07) is 9.23. The lowest BCUT2D eigenvalue weighted by atomic mass is 9.85. The van der Waals surface area contributed by atoms with Crippen LogP contribution >= 0.6 is 0 Å². The summed E-state index contributed by atoms with van der Waals surface area (Å²) in [5.41, 5.74) is 0.154. The molecule has 1 aromatic rings. The molecular weight excluding hydrogens is 218 g/mol. The molecule has 1 aromatic carbocycles. The molecule has 4 heteroatoms. The molecule has 0 aliphatic carbocycles. The average Bonchev–Trinajstić information content (AvgIpc) is 2.28. The van der Waals surface area contributed by atoms with Gasteiger partial charge in [-0.25, -0.2) is 4.79 Å². The predicted octanol–water partition coefficient (Wildman–Crippen LogP) is 2.25. The van der Waals surface area contributed by atoms with Gasteiger partial charge in [0.25, 0.3) is 0 Å². The van der Waals surface area contributed by atoms with E-state index in [0.717, 1.165) is 5.56 Å². The molecule has 2 atom stereocenters. The molecule has 1 saturated heterocycles. The summed E-state index contributed by atoms with van der Waals surface area (Å²) in [6.45, 7) is 2.14. The second-order valence-electron chi connectivity index (χ2n) is 4.85. The van der Waals surface area contributed by atoms with Gasteiger partial charge < -0.3 is 15.1 Å². The molecule has 2 rings (SSSR count). The van der Waals surface area contributed by atoms with Gasteiger partial charge in [0.2, 0.25) is 0 Å². The van der Waals surface area contributed by atoms with Gasteiger partial charge in [0.05, 0.1) is 11.6 Å². The SMILES string of the molecule is C[C@@]1(O)CCN(C(=O)O)[C@@H](c2ccccc2)C1. The maximum Gasteiger partial charge on any atom is 0.407 e. The van der Waals surface area contributed by atoms with Crippen LogP contribution in [0, 0.1) is 0 Å². The summed E-state index contributed by atoms with van der Waals surface area (Å²) >= 11 is 0. The molecule has 92 valence electrons. The Morgan fingerprint density at radius 3 is 2.65 bits per heavy atom. The van der Waals surface area contributed by atoms with Crippen LogP contribution in [0.2, 0.25) is 0 Å². The standard InChI is InChI=1S/C13H17NO3/c1-13(17)7-8-14(12(15)16)11(9-13)10-5-3-2-4-6-10/h2-6,11,17H,7-9H2,1H3,(H,15,16)/t11-,13-/m1/s1. The quantitative estimate of drug-likeness (QED) is 0.784. The monoisotopic (exact) mass is 235 g/mol. The lowest BCUT2D eigenvalue weighted by molar-refractivity contribution is -0.0273. The second-order valence-corrected chi connectivity index (χ2v) is 4.85. The van der Waals surface area contributed by atoms with E-state index in [9.17, 15) is 15.0 Å². The fourth-order valence-corrected chi connectivity index (χ4v) is 2.35. The highest BCUT2D eigenvalue weighted by molar-refractivity contribution is 5.66. The maximum atomic E-state index is 11.2. The first-order valence-corrected chi connectivity index (χ1v) is 5.76. The molecule has 1 fully saturated rings. The Morgan fingerprint density at radius 1 is 1.41 bits per heavy atom. The van der Waals surface area contributed by atoms with Crippen LogP contribution in [-0.4, -0.2) is 33.4 Å². The van der Waals surface area contributed by atoms with Gasteiger partial charge in [-0.3, -0.25) is 0 Å². The van der Waals surface area contributed by atoms with Crippen molar-refractivity contribution < 1.29 is 15.0 Å². The first kappa shape index (κ1) is 11.9. The van der Waals surface area contributed by atoms with Crippen LogP contribution in [0.1, 0.15) is 31.4 Å². The number of amides is 1. The van der Waals surface area contributed by atoms with Gasteiger partial charge in [-0.1, -0.05) is 30.3 Å². The number of benzene rings is 1. The van der Waals surface area contributed by atoms with Crippen LogP contribution in [-0.2, 0) is 0 Å². The molecule has 0 unspecified atom stereocenters. The van der Waals surface area contributed by atoms with Gasteiger partial charge in [0, 0.05) is 13.0 Å². The molecule has 0 aromatic heterocycles. The van der Waals surface area contributed by atoms with E-state index in [-0.39, 0.29) is 6.04 Å². The van der Waals surface area contributed by atoms with E-state index in [4.69, 9.17) is 0 Å². The highest BCUT2D eigenvalue weighted by atomic mass is 16.4. The number of carboxylic acid groups (broad SMARTS) is 1. The van der Waals surface area contributed by atoms with Crippen LogP contribution in [0.15, 0.2) is 30.3 Å². The van der Waals surface area contributed by atoms with Gasteiger partial charge in [-0.15, -0.1) is 0 Å². The molecule has 0 radical (unpaired) electrons. The zero-order valence-electron chi connectivity index (χ0n) is 9.84. The van der Waals surface area contributed by atoms with E-state index in [1.807, 2.05) is 30.3 Å². The summed E-state index contributed by atoms with van der Waals surface area (Å²) in [5, 5.41) is 19.3. The van der Waals surface area contributed by atoms with Crippen LogP contribution in [0.25, 0.3) is 0 Å². The lowest BCUT2D eigenvalue weighted by Gasteiger charge is -2.41. The number of nitrogens with zero attached hydrogens (tertiary/aromatic N) is 1. The van der Waals surface area contributed by atoms with Gasteiger partial charge >= 0.3 is 6.09 Å². The van der Waals surface area contributed by atoms with E-state index in [0.29, 0.717) is 19.4 Å². The fraction of sp³-hybridized carbons (Fsp3) is 0.462. The van der Waals surface area contributed by atoms with E-state index in [1.54, 1.807) is 6.92 Å². The zero-order chi connectivity index (χ0) is 12.5. The summed E-state index contributed by atoms with van der Waals surface area (Å²) in [4.78, 5) is 12.6. The van der Waals surface area contributed by atoms with Gasteiger partial charge in [-0.2, -0.15) is 0 Å². The van der Waals surface area contributed by atoms with Crippen molar-refractivity contribution in [1.29, 1.82) is 0 Å². The summed E-state index contributed by atoms with van der Waals surface area (Å²) in [7, 11) is 0. The van der Waals surface area contributed by atoms with Gasteiger partial charge in [-0.05, 0) is 18.9 Å². The number of rotatable bonds is 1. The number of hydrogen-bond acceptors (Lipinski definition) is 2. The highest BCUT2D eigenvalue weighted by Crippen LogP contribution is 2.36. The van der Waals surface area contributed by atoms with Crippen molar-refractivity contribution in [3.8, 4) is 0 Å². The normalized spacial score (nSPS) is 29.1. The molecule has 1 aliphatic heterocycles. The van der Waals surface area contributed by atoms with Crippen molar-refractivity contribution in [2.45, 2.75) is 31.4 Å². The first-order chi connectivity index (χ1) is 7.99. The van der Waals surface area contributed by atoms with E-state index in [2.05, 4.69) is 0 Å². The number of hydrogen-bond donors (Lipinski definition) is 2. The minimum atomic E-state index is -0.922. The topological polar surface area (TPSA) is 60.8 Å². The van der Waals surface area contributed by atoms with Gasteiger partial charge in [0.1, 0.15) is 0 Å². The van der Waals surface area contributed by atoms with Crippen molar-refractivity contribution in [3.63, 3.8) is 0 Å². The molecule has 0 spiro atoms. The molecule has 2 N–H and O–H groups in total. The zero-order valence-corrected chi connectivity index (χ0v) is 9.84. The highest BCUT2D eigenvalue weighted by Gasteiger charge is 2.37. The molecule has 1 aliphatic rings. The Morgan fingerprint density at radius 2 is 2.06 bits per heavy atom. The Bertz CT molecular complexity index is 402. The average molecular weight is 235 g/mol. The van der Waals surface area contributed by atoms with Crippen LogP contribution in [0.5, 0.6) is 0 Å². The summed E-state index contributed by atoms with van der Waals surface area (Å²) in [5.74, 6) is 0. The lowest BCUT2D eigenvalue weighted by Crippen LogP contribution is -2.46. The van der Waals surface area contributed by atoms with Crippen molar-refractivity contribution in [2.24, 2.45) is 0 Å². The molecular formula is C13H17NO3. The summed E-state index contributed by atoms with van der Waals surface area (Å²) < 4.78 is 0. The molecule has 0 bridgehead atoms. The smallest absolute Gasteiger partial charge is 0.407 e. The molecule has 4 nitrogen and oxygen atoms in total. The largest absolute Gasteiger partial charge is 0.465 e. The number of piperidine rings is 1. The van der Waals surface area contributed by atoms with Crippen LogP contribution in [0.4, 0.5) is 4.79 Å². The molecule has 1 amide bonds. The number of carbonyl (C=O) groups is 1. The van der Waals surface area contributed by atoms with Crippen molar-refractivity contribution in [1.82, 2.24) is 4.90 Å². The van der Waals surface area contributed by atoms with Gasteiger partial charge in [0.15, 0.2) is 0 Å². The maximum absolute atomic E-state index is 11.2. The minimum absolute atomic E-state index is 0.252. The van der Waals surface area contributed by atoms with Crippen LogP contribution in [0.3, 0.4) is 0 Å². The fourth-order valence-electron chi connectivity index (χ4n) is 2.35. The Kier molecular flexibility index (Phi) is 3.07. The Balaban J connectivity index is 2.29.